The second kappa shape index (κ2) is 30.4. The van der Waals surface area contributed by atoms with E-state index in [1.807, 2.05) is 5.32 Å². The maximum atomic E-state index is 13.7. The van der Waals surface area contributed by atoms with E-state index < -0.39 is 163 Å². The average Bonchev–Trinajstić information content (AvgIpc) is 3.33. The molecule has 0 aliphatic carbocycles. The SMILES string of the molecule is CC[C@H](C)[C@H](NC(=O)[C@H](CC(=O)O)NC(=O)[C@H](Cc1ccccc1)NC(=O)[C@H](C)NC(=O)[C@H](CC(=O)O)NC(=O)[C@H](CC(=O)O)NC(=O)[C@H](C)NC(=O)[C@H](Cc1ccccc1)NC(=O)[C@@H](N)CCC(=O)O)C(=O)O. The van der Waals surface area contributed by atoms with Gasteiger partial charge in [0, 0.05) is 19.3 Å². The van der Waals surface area contributed by atoms with Crippen LogP contribution >= 0.6 is 0 Å². The fourth-order valence-electron chi connectivity index (χ4n) is 6.79. The van der Waals surface area contributed by atoms with Crippen molar-refractivity contribution in [1.29, 1.82) is 0 Å². The van der Waals surface area contributed by atoms with Crippen molar-refractivity contribution >= 4 is 77.1 Å². The van der Waals surface area contributed by atoms with Gasteiger partial charge in [-0.2, -0.15) is 0 Å². The highest BCUT2D eigenvalue weighted by Gasteiger charge is 2.36. The molecule has 10 atom stereocenters. The second-order valence-electron chi connectivity index (χ2n) is 17.2. The monoisotopic (exact) mass is 1040 g/mol. The van der Waals surface area contributed by atoms with Crippen molar-refractivity contribution < 1.29 is 87.9 Å². The lowest BCUT2D eigenvalue weighted by atomic mass is 9.98. The van der Waals surface area contributed by atoms with Gasteiger partial charge in [0.05, 0.1) is 25.3 Å². The molecule has 0 fully saturated rings. The molecule has 2 rings (SSSR count). The minimum absolute atomic E-state index is 0.134. The van der Waals surface area contributed by atoms with Gasteiger partial charge in [-0.15, -0.1) is 0 Å². The molecule has 0 aliphatic heterocycles. The molecule has 0 aromatic heterocycles. The smallest absolute Gasteiger partial charge is 0.326 e. The molecule has 8 amide bonds. The summed E-state index contributed by atoms with van der Waals surface area (Å²) in [6.07, 6.45) is -4.13. The number of nitrogens with two attached hydrogens (primary N) is 1. The van der Waals surface area contributed by atoms with Crippen molar-refractivity contribution in [3.63, 3.8) is 0 Å². The minimum Gasteiger partial charge on any atom is -0.481 e. The summed E-state index contributed by atoms with van der Waals surface area (Å²) < 4.78 is 0. The predicted octanol–water partition coefficient (Wildman–Crippen LogP) is -2.86. The Kier molecular flexibility index (Phi) is 25.3. The number of carbonyl (C=O) groups is 13. The third-order valence-electron chi connectivity index (χ3n) is 11.2. The van der Waals surface area contributed by atoms with Crippen molar-refractivity contribution in [2.45, 2.75) is 133 Å². The maximum absolute atomic E-state index is 13.7. The summed E-state index contributed by atoms with van der Waals surface area (Å²) >= 11 is 0. The highest BCUT2D eigenvalue weighted by Crippen LogP contribution is 2.11. The topological polar surface area (TPSA) is 445 Å². The van der Waals surface area contributed by atoms with Gasteiger partial charge in [0.15, 0.2) is 0 Å². The van der Waals surface area contributed by atoms with Crippen molar-refractivity contribution in [2.75, 3.05) is 0 Å². The van der Waals surface area contributed by atoms with Crippen molar-refractivity contribution in [3.05, 3.63) is 71.8 Å². The van der Waals surface area contributed by atoms with Crippen LogP contribution < -0.4 is 48.3 Å². The zero-order valence-electron chi connectivity index (χ0n) is 40.8. The van der Waals surface area contributed by atoms with E-state index in [1.165, 1.54) is 6.92 Å². The van der Waals surface area contributed by atoms with Crippen LogP contribution in [0.4, 0.5) is 0 Å². The molecule has 2 aromatic rings. The molecule has 0 saturated heterocycles. The lowest BCUT2D eigenvalue weighted by Gasteiger charge is -2.27. The Labute approximate surface area is 423 Å². The molecule has 0 saturated carbocycles. The first-order valence-electron chi connectivity index (χ1n) is 23.1. The zero-order chi connectivity index (χ0) is 55.8. The summed E-state index contributed by atoms with van der Waals surface area (Å²) in [5, 5.41) is 65.4. The lowest BCUT2D eigenvalue weighted by molar-refractivity contribution is -0.145. The highest BCUT2D eigenvalue weighted by molar-refractivity contribution is 6.00. The third kappa shape index (κ3) is 21.9. The molecule has 0 unspecified atom stereocenters. The van der Waals surface area contributed by atoms with Gasteiger partial charge < -0.3 is 73.8 Å². The van der Waals surface area contributed by atoms with E-state index >= 15 is 0 Å². The van der Waals surface area contributed by atoms with Gasteiger partial charge in [0.25, 0.3) is 0 Å². The first-order valence-corrected chi connectivity index (χ1v) is 23.1. The van der Waals surface area contributed by atoms with Crippen LogP contribution in [0, 0.1) is 5.92 Å². The summed E-state index contributed by atoms with van der Waals surface area (Å²) in [4.78, 5) is 166. The fourth-order valence-corrected chi connectivity index (χ4v) is 6.79. The number of rotatable bonds is 32. The first-order chi connectivity index (χ1) is 34.7. The van der Waals surface area contributed by atoms with Gasteiger partial charge in [0.2, 0.25) is 47.3 Å². The van der Waals surface area contributed by atoms with E-state index in [0.717, 1.165) is 13.8 Å². The number of nitrogens with one attached hydrogen (secondary N) is 8. The van der Waals surface area contributed by atoms with Gasteiger partial charge in [0.1, 0.15) is 48.3 Å². The molecule has 15 N–H and O–H groups in total. The third-order valence-corrected chi connectivity index (χ3v) is 11.2. The van der Waals surface area contributed by atoms with Crippen LogP contribution in [0.1, 0.15) is 77.3 Å². The van der Waals surface area contributed by atoms with Crippen LogP contribution in [0.2, 0.25) is 0 Å². The molecular formula is C47H63N9O18. The lowest BCUT2D eigenvalue weighted by Crippen LogP contribution is -2.60. The standard InChI is InChI=1S/C47H63N9O18/c1-5-23(2)38(47(73)74)56-46(72)33(22-37(63)64)55-44(70)30(19-27-14-10-7-11-15-27)51-39(65)24(3)50-43(69)31(20-35(59)60)54-45(71)32(21-36(61)62)52-40(66)25(4)49-42(68)29(18-26-12-8-6-9-13-26)53-41(67)28(48)16-17-34(57)58/h6-15,23-25,28-33,38H,5,16-22,48H2,1-4H3,(H,49,68)(H,50,69)(H,51,65)(H,52,66)(H,53,67)(H,54,71)(H,55,70)(H,56,72)(H,57,58)(H,59,60)(H,61,62)(H,63,64)(H,73,74)/t23-,24-,25-,28-,29-,30-,31-,32-,33-,38-/m0/s1. The maximum Gasteiger partial charge on any atom is 0.326 e. The molecule has 0 spiro atoms. The summed E-state index contributed by atoms with van der Waals surface area (Å²) in [5.41, 5.74) is 6.82. The average molecular weight is 1040 g/mol. The van der Waals surface area contributed by atoms with Crippen LogP contribution in [0.25, 0.3) is 0 Å². The molecule has 27 heteroatoms. The minimum atomic E-state index is -2.05. The first kappa shape index (κ1) is 61.6. The Balaban J connectivity index is 2.29. The number of hydrogen-bond donors (Lipinski definition) is 14. The molecule has 0 radical (unpaired) electrons. The number of carbonyl (C=O) groups excluding carboxylic acids is 8. The number of benzene rings is 2. The van der Waals surface area contributed by atoms with Gasteiger partial charge in [-0.3, -0.25) is 57.5 Å². The van der Waals surface area contributed by atoms with Crippen LogP contribution in [0.3, 0.4) is 0 Å². The number of amides is 8. The number of aliphatic carboxylic acids is 5. The largest absolute Gasteiger partial charge is 0.481 e. The highest BCUT2D eigenvalue weighted by atomic mass is 16.4. The zero-order valence-corrected chi connectivity index (χ0v) is 40.8. The van der Waals surface area contributed by atoms with E-state index in [2.05, 4.69) is 37.2 Å². The quantitative estimate of drug-likeness (QED) is 0.0350. The van der Waals surface area contributed by atoms with Crippen molar-refractivity contribution in [3.8, 4) is 0 Å². The van der Waals surface area contributed by atoms with E-state index in [9.17, 15) is 82.8 Å². The molecule has 74 heavy (non-hydrogen) atoms. The molecule has 27 nitrogen and oxygen atoms in total. The normalized spacial score (nSPS) is 14.9. The van der Waals surface area contributed by atoms with Gasteiger partial charge in [-0.05, 0) is 37.3 Å². The van der Waals surface area contributed by atoms with E-state index in [-0.39, 0.29) is 19.3 Å². The number of carboxylic acids is 5. The van der Waals surface area contributed by atoms with Crippen LogP contribution in [0.15, 0.2) is 60.7 Å². The summed E-state index contributed by atoms with van der Waals surface area (Å²) in [7, 11) is 0. The number of carboxylic acid groups (broad SMARTS) is 5. The summed E-state index contributed by atoms with van der Waals surface area (Å²) in [5.74, 6) is -17.2. The van der Waals surface area contributed by atoms with E-state index in [0.29, 0.717) is 17.5 Å². The Hall–Kier alpha value is -8.49. The Morgan fingerprint density at radius 3 is 1.12 bits per heavy atom. The van der Waals surface area contributed by atoms with Crippen molar-refractivity contribution in [1.82, 2.24) is 42.5 Å². The Morgan fingerprint density at radius 2 is 0.757 bits per heavy atom. The van der Waals surface area contributed by atoms with Crippen LogP contribution in [-0.2, 0) is 75.2 Å². The molecule has 0 bridgehead atoms. The van der Waals surface area contributed by atoms with E-state index in [4.69, 9.17) is 10.8 Å². The molecule has 0 aliphatic rings. The van der Waals surface area contributed by atoms with Gasteiger partial charge in [-0.1, -0.05) is 80.9 Å². The predicted molar refractivity (Wildman–Crippen MR) is 256 cm³/mol. The summed E-state index contributed by atoms with van der Waals surface area (Å²) in [6, 6.07) is 1.35. The second-order valence-corrected chi connectivity index (χ2v) is 17.2. The summed E-state index contributed by atoms with van der Waals surface area (Å²) in [6.45, 7) is 5.42. The molecule has 2 aromatic carbocycles. The Morgan fingerprint density at radius 1 is 0.432 bits per heavy atom. The van der Waals surface area contributed by atoms with Gasteiger partial charge >= 0.3 is 29.8 Å². The molecule has 0 heterocycles. The Bertz CT molecular complexity index is 2350. The molecular weight excluding hydrogens is 979 g/mol. The fraction of sp³-hybridized carbons (Fsp3) is 0.468. The van der Waals surface area contributed by atoms with Crippen molar-refractivity contribution in [2.24, 2.45) is 11.7 Å². The number of hydrogen-bond acceptors (Lipinski definition) is 14. The van der Waals surface area contributed by atoms with Gasteiger partial charge in [-0.25, -0.2) is 4.79 Å². The van der Waals surface area contributed by atoms with Crippen LogP contribution in [0.5, 0.6) is 0 Å². The van der Waals surface area contributed by atoms with E-state index in [1.54, 1.807) is 67.6 Å². The molecule has 404 valence electrons. The van der Waals surface area contributed by atoms with Crippen LogP contribution in [-0.4, -0.2) is 157 Å².